The van der Waals surface area contributed by atoms with Gasteiger partial charge in [0.25, 0.3) is 0 Å². The fraction of sp³-hybridized carbons (Fsp3) is 0.850. The number of hydrogen-bond donors (Lipinski definition) is 0. The molecule has 0 aromatic rings. The average molecular weight is 318 g/mol. The molecule has 23 heavy (non-hydrogen) atoms. The lowest BCUT2D eigenvalue weighted by Gasteiger charge is -2.35. The van der Waals surface area contributed by atoms with Gasteiger partial charge in [-0.05, 0) is 42.9 Å². The highest BCUT2D eigenvalue weighted by Gasteiger charge is 2.65. The van der Waals surface area contributed by atoms with Crippen molar-refractivity contribution in [1.29, 1.82) is 0 Å². The molecule has 0 N–H and O–H groups in total. The van der Waals surface area contributed by atoms with Gasteiger partial charge in [-0.1, -0.05) is 52.9 Å². The first-order chi connectivity index (χ1) is 11.0. The fourth-order valence-corrected chi connectivity index (χ4v) is 6.05. The monoisotopic (exact) mass is 318 g/mol. The molecule has 3 fully saturated rings. The summed E-state index contributed by atoms with van der Waals surface area (Å²) in [4.78, 5) is 39.2. The molecule has 0 amide bonds. The van der Waals surface area contributed by atoms with Crippen molar-refractivity contribution < 1.29 is 14.4 Å². The van der Waals surface area contributed by atoms with Crippen molar-refractivity contribution in [2.45, 2.75) is 72.1 Å². The summed E-state index contributed by atoms with van der Waals surface area (Å²) in [6.45, 7) is 6.22. The van der Waals surface area contributed by atoms with Crippen LogP contribution in [0.3, 0.4) is 0 Å². The number of carbonyl (C=O) groups is 3. The largest absolute Gasteiger partial charge is 0.298 e. The van der Waals surface area contributed by atoms with Crippen LogP contribution in [0.4, 0.5) is 0 Å². The van der Waals surface area contributed by atoms with Gasteiger partial charge in [-0.15, -0.1) is 0 Å². The predicted octanol–water partition coefficient (Wildman–Crippen LogP) is 3.98. The van der Waals surface area contributed by atoms with Crippen molar-refractivity contribution >= 4 is 17.3 Å². The normalized spacial score (nSPS) is 44.5. The van der Waals surface area contributed by atoms with E-state index in [2.05, 4.69) is 13.8 Å². The maximum absolute atomic E-state index is 13.4. The molecule has 3 saturated carbocycles. The van der Waals surface area contributed by atoms with Gasteiger partial charge in [0, 0.05) is 0 Å². The van der Waals surface area contributed by atoms with E-state index in [0.29, 0.717) is 18.3 Å². The Morgan fingerprint density at radius 2 is 1.70 bits per heavy atom. The van der Waals surface area contributed by atoms with Gasteiger partial charge in [0.2, 0.25) is 11.6 Å². The zero-order chi connectivity index (χ0) is 16.8. The minimum Gasteiger partial charge on any atom is -0.298 e. The Kier molecular flexibility index (Phi) is 4.50. The van der Waals surface area contributed by atoms with Gasteiger partial charge < -0.3 is 0 Å². The Morgan fingerprint density at radius 3 is 2.26 bits per heavy atom. The summed E-state index contributed by atoms with van der Waals surface area (Å²) in [7, 11) is 0. The highest BCUT2D eigenvalue weighted by Crippen LogP contribution is 2.55. The quantitative estimate of drug-likeness (QED) is 0.582. The molecule has 6 atom stereocenters. The topological polar surface area (TPSA) is 51.2 Å². The van der Waals surface area contributed by atoms with Gasteiger partial charge in [0.1, 0.15) is 0 Å². The van der Waals surface area contributed by atoms with Crippen molar-refractivity contribution in [3.63, 3.8) is 0 Å². The summed E-state index contributed by atoms with van der Waals surface area (Å²) in [5.74, 6) is -0.291. The summed E-state index contributed by atoms with van der Waals surface area (Å²) in [6, 6.07) is 0. The summed E-state index contributed by atoms with van der Waals surface area (Å²) < 4.78 is 0. The summed E-state index contributed by atoms with van der Waals surface area (Å²) in [5.41, 5.74) is -0.985. The first kappa shape index (κ1) is 16.9. The van der Waals surface area contributed by atoms with E-state index >= 15 is 0 Å². The second-order valence-corrected chi connectivity index (χ2v) is 8.14. The standard InChI is InChI=1S/C20H30O3/c1-4-13-9-7-11-15(13)20(5-2)18(22)16(17(21)19(20)23)14-10-6-8-12(14)3/h12-16H,4-11H2,1-3H3. The molecule has 0 bridgehead atoms. The van der Waals surface area contributed by atoms with Crippen LogP contribution in [0.15, 0.2) is 0 Å². The maximum atomic E-state index is 13.4. The highest BCUT2D eigenvalue weighted by atomic mass is 16.2. The minimum atomic E-state index is -0.985. The van der Waals surface area contributed by atoms with Gasteiger partial charge in [-0.25, -0.2) is 0 Å². The second-order valence-electron chi connectivity index (χ2n) is 8.14. The number of Topliss-reactive ketones (excluding diaryl/α,β-unsaturated/α-hetero) is 3. The molecule has 3 heteroatoms. The minimum absolute atomic E-state index is 0.000833. The van der Waals surface area contributed by atoms with Crippen LogP contribution < -0.4 is 0 Å². The van der Waals surface area contributed by atoms with E-state index in [1.807, 2.05) is 6.92 Å². The molecular formula is C20H30O3. The molecule has 3 aliphatic rings. The predicted molar refractivity (Wildman–Crippen MR) is 88.9 cm³/mol. The molecule has 6 unspecified atom stereocenters. The molecule has 0 saturated heterocycles. The van der Waals surface area contributed by atoms with Crippen LogP contribution in [0, 0.1) is 35.0 Å². The van der Waals surface area contributed by atoms with Crippen LogP contribution in [0.1, 0.15) is 72.1 Å². The molecule has 0 heterocycles. The van der Waals surface area contributed by atoms with Crippen molar-refractivity contribution in [2.24, 2.45) is 35.0 Å². The third kappa shape index (κ3) is 2.26. The number of hydrogen-bond acceptors (Lipinski definition) is 3. The molecule has 0 aromatic heterocycles. The van der Waals surface area contributed by atoms with Crippen molar-refractivity contribution in [1.82, 2.24) is 0 Å². The average Bonchev–Trinajstić information content (AvgIpc) is 3.21. The lowest BCUT2D eigenvalue weighted by molar-refractivity contribution is -0.144. The smallest absolute Gasteiger partial charge is 0.212 e. The van der Waals surface area contributed by atoms with Crippen molar-refractivity contribution in [3.8, 4) is 0 Å². The number of ketones is 3. The van der Waals surface area contributed by atoms with E-state index in [4.69, 9.17) is 0 Å². The second kappa shape index (κ2) is 6.14. The van der Waals surface area contributed by atoms with E-state index < -0.39 is 11.3 Å². The third-order valence-electron chi connectivity index (χ3n) is 7.36. The molecule has 0 aromatic carbocycles. The number of carbonyl (C=O) groups excluding carboxylic acids is 3. The Balaban J connectivity index is 1.99. The SMILES string of the molecule is CCC1CCCC1C1(CC)C(=O)C(=O)C(C2CCCC2C)C1=O. The van der Waals surface area contributed by atoms with Crippen molar-refractivity contribution in [2.75, 3.05) is 0 Å². The zero-order valence-electron chi connectivity index (χ0n) is 14.8. The first-order valence-corrected chi connectivity index (χ1v) is 9.61. The zero-order valence-corrected chi connectivity index (χ0v) is 14.8. The van der Waals surface area contributed by atoms with E-state index in [-0.39, 0.29) is 29.2 Å². The van der Waals surface area contributed by atoms with Gasteiger partial charge in [0.05, 0.1) is 11.3 Å². The Labute approximate surface area is 139 Å². The number of rotatable bonds is 4. The molecule has 128 valence electrons. The maximum Gasteiger partial charge on any atom is 0.212 e. The molecule has 0 aliphatic heterocycles. The van der Waals surface area contributed by atoms with Crippen LogP contribution in [-0.2, 0) is 14.4 Å². The Hall–Kier alpha value is -0.990. The van der Waals surface area contributed by atoms with Gasteiger partial charge >= 0.3 is 0 Å². The molecule has 3 aliphatic carbocycles. The van der Waals surface area contributed by atoms with Gasteiger partial charge in [-0.3, -0.25) is 14.4 Å². The van der Waals surface area contributed by atoms with Crippen LogP contribution >= 0.6 is 0 Å². The van der Waals surface area contributed by atoms with Gasteiger partial charge in [0.15, 0.2) is 5.78 Å². The van der Waals surface area contributed by atoms with E-state index in [0.717, 1.165) is 44.9 Å². The first-order valence-electron chi connectivity index (χ1n) is 9.61. The van der Waals surface area contributed by atoms with Crippen LogP contribution in [0.25, 0.3) is 0 Å². The molecule has 0 radical (unpaired) electrons. The Morgan fingerprint density at radius 1 is 1.00 bits per heavy atom. The molecular weight excluding hydrogens is 288 g/mol. The molecule has 3 nitrogen and oxygen atoms in total. The highest BCUT2D eigenvalue weighted by molar-refractivity contribution is 6.53. The van der Waals surface area contributed by atoms with Crippen LogP contribution in [0.2, 0.25) is 0 Å². The Bertz CT molecular complexity index is 523. The van der Waals surface area contributed by atoms with Crippen LogP contribution in [-0.4, -0.2) is 17.3 Å². The van der Waals surface area contributed by atoms with E-state index in [1.54, 1.807) is 0 Å². The molecule has 0 spiro atoms. The lowest BCUT2D eigenvalue weighted by atomic mass is 9.64. The summed E-state index contributed by atoms with van der Waals surface area (Å²) in [6.07, 6.45) is 7.72. The lowest BCUT2D eigenvalue weighted by Crippen LogP contribution is -2.43. The van der Waals surface area contributed by atoms with E-state index in [9.17, 15) is 14.4 Å². The fourth-order valence-electron chi connectivity index (χ4n) is 6.05. The van der Waals surface area contributed by atoms with Gasteiger partial charge in [-0.2, -0.15) is 0 Å². The molecule has 3 rings (SSSR count). The van der Waals surface area contributed by atoms with Crippen LogP contribution in [0.5, 0.6) is 0 Å². The van der Waals surface area contributed by atoms with E-state index in [1.165, 1.54) is 0 Å². The summed E-state index contributed by atoms with van der Waals surface area (Å²) >= 11 is 0. The summed E-state index contributed by atoms with van der Waals surface area (Å²) in [5, 5.41) is 0. The third-order valence-corrected chi connectivity index (χ3v) is 7.36. The van der Waals surface area contributed by atoms with Crippen molar-refractivity contribution in [3.05, 3.63) is 0 Å².